The minimum atomic E-state index is -0.785. The molecule has 0 heterocycles. The number of halogens is 1. The number of benzene rings is 2. The highest BCUT2D eigenvalue weighted by Gasteiger charge is 2.18. The Morgan fingerprint density at radius 3 is 2.19 bits per heavy atom. The Labute approximate surface area is 154 Å². The molecule has 0 radical (unpaired) electrons. The Morgan fingerprint density at radius 1 is 1.08 bits per heavy atom. The van der Waals surface area contributed by atoms with Gasteiger partial charge in [-0.3, -0.25) is 10.1 Å². The van der Waals surface area contributed by atoms with Crippen LogP contribution in [0.4, 0.5) is 5.69 Å². The van der Waals surface area contributed by atoms with Crippen molar-refractivity contribution in [2.24, 2.45) is 0 Å². The summed E-state index contributed by atoms with van der Waals surface area (Å²) in [6, 6.07) is 6.81. The number of nitro benzene ring substituents is 1. The van der Waals surface area contributed by atoms with E-state index in [1.165, 1.54) is 33.5 Å². The van der Waals surface area contributed by atoms with Gasteiger partial charge in [0.05, 0.1) is 36.8 Å². The monoisotopic (exact) mass is 381 g/mol. The maximum absolute atomic E-state index is 12.2. The molecule has 0 N–H and O–H groups in total. The van der Waals surface area contributed by atoms with Crippen LogP contribution in [0.3, 0.4) is 0 Å². The molecule has 0 spiro atoms. The second-order valence-electron chi connectivity index (χ2n) is 5.03. The number of hydrogen-bond acceptors (Lipinski definition) is 7. The lowest BCUT2D eigenvalue weighted by Crippen LogP contribution is -2.07. The van der Waals surface area contributed by atoms with E-state index in [1.54, 1.807) is 12.1 Å². The number of esters is 1. The molecule has 0 aliphatic rings. The molecule has 2 rings (SSSR count). The smallest absolute Gasteiger partial charge is 0.340 e. The molecule has 0 aliphatic heterocycles. The molecule has 9 heteroatoms. The van der Waals surface area contributed by atoms with E-state index in [0.717, 1.165) is 6.07 Å². The topological polar surface area (TPSA) is 97.1 Å². The zero-order chi connectivity index (χ0) is 19.3. The molecule has 8 nitrogen and oxygen atoms in total. The summed E-state index contributed by atoms with van der Waals surface area (Å²) in [5, 5.41) is 10.9. The summed E-state index contributed by atoms with van der Waals surface area (Å²) in [5.74, 6) is 0.441. The number of rotatable bonds is 7. The van der Waals surface area contributed by atoms with Gasteiger partial charge in [0.15, 0.2) is 11.5 Å². The zero-order valence-electron chi connectivity index (χ0n) is 14.3. The molecular formula is C17H16ClNO7. The Hall–Kier alpha value is -3.00. The molecule has 26 heavy (non-hydrogen) atoms. The van der Waals surface area contributed by atoms with E-state index in [0.29, 0.717) is 22.8 Å². The summed E-state index contributed by atoms with van der Waals surface area (Å²) < 4.78 is 20.9. The van der Waals surface area contributed by atoms with Crippen LogP contribution in [0.5, 0.6) is 17.2 Å². The average Bonchev–Trinajstić information content (AvgIpc) is 2.65. The Bertz CT molecular complexity index is 813. The van der Waals surface area contributed by atoms with Gasteiger partial charge in [0.1, 0.15) is 6.61 Å². The van der Waals surface area contributed by atoms with Crippen LogP contribution in [-0.4, -0.2) is 32.2 Å². The predicted molar refractivity (Wildman–Crippen MR) is 93.3 cm³/mol. The van der Waals surface area contributed by atoms with E-state index in [2.05, 4.69) is 0 Å². The molecular weight excluding hydrogens is 366 g/mol. The number of carbonyl (C=O) groups excluding carboxylic acids is 1. The summed E-state index contributed by atoms with van der Waals surface area (Å²) in [7, 11) is 4.41. The lowest BCUT2D eigenvalue weighted by Gasteiger charge is -2.14. The van der Waals surface area contributed by atoms with Crippen molar-refractivity contribution in [3.05, 3.63) is 56.6 Å². The van der Waals surface area contributed by atoms with Gasteiger partial charge in [0.25, 0.3) is 5.69 Å². The molecule has 0 amide bonds. The van der Waals surface area contributed by atoms with Gasteiger partial charge in [-0.1, -0.05) is 11.6 Å². The quantitative estimate of drug-likeness (QED) is 0.410. The highest BCUT2D eigenvalue weighted by Crippen LogP contribution is 2.38. The third-order valence-electron chi connectivity index (χ3n) is 3.48. The fourth-order valence-electron chi connectivity index (χ4n) is 2.23. The van der Waals surface area contributed by atoms with Crippen molar-refractivity contribution in [2.75, 3.05) is 21.3 Å². The van der Waals surface area contributed by atoms with E-state index in [1.807, 2.05) is 0 Å². The summed E-state index contributed by atoms with van der Waals surface area (Å²) >= 11 is 5.93. The molecule has 0 saturated carbocycles. The first kappa shape index (κ1) is 19.3. The Morgan fingerprint density at radius 2 is 1.69 bits per heavy atom. The van der Waals surface area contributed by atoms with Crippen LogP contribution in [0.1, 0.15) is 15.9 Å². The van der Waals surface area contributed by atoms with Gasteiger partial charge in [0.2, 0.25) is 5.75 Å². The van der Waals surface area contributed by atoms with E-state index < -0.39 is 10.9 Å². The fourth-order valence-corrected chi connectivity index (χ4v) is 2.42. The fraction of sp³-hybridized carbons (Fsp3) is 0.235. The van der Waals surface area contributed by atoms with Crippen molar-refractivity contribution < 1.29 is 28.7 Å². The van der Waals surface area contributed by atoms with E-state index in [9.17, 15) is 14.9 Å². The first-order chi connectivity index (χ1) is 12.4. The van der Waals surface area contributed by atoms with Gasteiger partial charge in [0, 0.05) is 12.1 Å². The van der Waals surface area contributed by atoms with Crippen LogP contribution >= 0.6 is 11.6 Å². The standard InChI is InChI=1S/C17H16ClNO7/c1-23-14-6-10(7-15(24-2)16(14)25-3)9-26-17(20)12-8-11(19(21)22)4-5-13(12)18/h4-8H,9H2,1-3H3. The van der Waals surface area contributed by atoms with E-state index in [4.69, 9.17) is 30.5 Å². The molecule has 0 unspecified atom stereocenters. The Balaban J connectivity index is 2.22. The average molecular weight is 382 g/mol. The van der Waals surface area contributed by atoms with Crippen molar-refractivity contribution in [1.82, 2.24) is 0 Å². The molecule has 0 aromatic heterocycles. The third-order valence-corrected chi connectivity index (χ3v) is 3.80. The lowest BCUT2D eigenvalue weighted by atomic mass is 10.2. The van der Waals surface area contributed by atoms with Gasteiger partial charge in [-0.15, -0.1) is 0 Å². The van der Waals surface area contributed by atoms with Crippen LogP contribution in [-0.2, 0) is 11.3 Å². The van der Waals surface area contributed by atoms with Crippen LogP contribution in [0.25, 0.3) is 0 Å². The second-order valence-corrected chi connectivity index (χ2v) is 5.44. The number of ether oxygens (including phenoxy) is 4. The summed E-state index contributed by atoms with van der Waals surface area (Å²) in [5.41, 5.74) is 0.233. The SMILES string of the molecule is COc1cc(COC(=O)c2cc([N+](=O)[O-])ccc2Cl)cc(OC)c1OC. The highest BCUT2D eigenvalue weighted by atomic mass is 35.5. The summed E-state index contributed by atoms with van der Waals surface area (Å²) in [4.78, 5) is 22.4. The first-order valence-electron chi connectivity index (χ1n) is 7.31. The van der Waals surface area contributed by atoms with E-state index in [-0.39, 0.29) is 22.9 Å². The summed E-state index contributed by atoms with van der Waals surface area (Å²) in [6.07, 6.45) is 0. The second kappa shape index (κ2) is 8.39. The van der Waals surface area contributed by atoms with Crippen LogP contribution < -0.4 is 14.2 Å². The maximum atomic E-state index is 12.2. The maximum Gasteiger partial charge on any atom is 0.340 e. The van der Waals surface area contributed by atoms with Crippen molar-refractivity contribution in [3.8, 4) is 17.2 Å². The number of non-ortho nitro benzene ring substituents is 1. The first-order valence-corrected chi connectivity index (χ1v) is 7.69. The van der Waals surface area contributed by atoms with E-state index >= 15 is 0 Å². The zero-order valence-corrected chi connectivity index (χ0v) is 15.0. The molecule has 0 saturated heterocycles. The molecule has 138 valence electrons. The number of carbonyl (C=O) groups is 1. The molecule has 0 fully saturated rings. The van der Waals surface area contributed by atoms with Gasteiger partial charge in [-0.25, -0.2) is 4.79 Å². The third kappa shape index (κ3) is 4.15. The molecule has 2 aromatic carbocycles. The van der Waals surface area contributed by atoms with Gasteiger partial charge < -0.3 is 18.9 Å². The number of hydrogen-bond donors (Lipinski definition) is 0. The molecule has 0 bridgehead atoms. The number of methoxy groups -OCH3 is 3. The van der Waals surface area contributed by atoms with Crippen LogP contribution in [0.2, 0.25) is 5.02 Å². The van der Waals surface area contributed by atoms with Crippen molar-refractivity contribution >= 4 is 23.3 Å². The minimum Gasteiger partial charge on any atom is -0.493 e. The minimum absolute atomic E-state index is 0.0606. The Kier molecular flexibility index (Phi) is 6.24. The largest absolute Gasteiger partial charge is 0.493 e. The predicted octanol–water partition coefficient (Wildman–Crippen LogP) is 3.63. The van der Waals surface area contributed by atoms with Crippen LogP contribution in [0.15, 0.2) is 30.3 Å². The molecule has 2 aromatic rings. The molecule has 0 aliphatic carbocycles. The van der Waals surface area contributed by atoms with Gasteiger partial charge in [-0.2, -0.15) is 0 Å². The highest BCUT2D eigenvalue weighted by molar-refractivity contribution is 6.33. The van der Waals surface area contributed by atoms with Crippen LogP contribution in [0, 0.1) is 10.1 Å². The van der Waals surface area contributed by atoms with Gasteiger partial charge >= 0.3 is 5.97 Å². The normalized spacial score (nSPS) is 10.2. The van der Waals surface area contributed by atoms with Crippen molar-refractivity contribution in [3.63, 3.8) is 0 Å². The molecule has 0 atom stereocenters. The number of nitrogens with zero attached hydrogens (tertiary/aromatic N) is 1. The summed E-state index contributed by atoms with van der Waals surface area (Å²) in [6.45, 7) is -0.116. The van der Waals surface area contributed by atoms with Crippen molar-refractivity contribution in [2.45, 2.75) is 6.61 Å². The van der Waals surface area contributed by atoms with Crippen molar-refractivity contribution in [1.29, 1.82) is 0 Å². The van der Waals surface area contributed by atoms with Gasteiger partial charge in [-0.05, 0) is 23.8 Å². The number of nitro groups is 1. The lowest BCUT2D eigenvalue weighted by molar-refractivity contribution is -0.384.